The number of benzene rings is 1. The fourth-order valence-corrected chi connectivity index (χ4v) is 3.25. The lowest BCUT2D eigenvalue weighted by molar-refractivity contribution is -0.123. The second kappa shape index (κ2) is 7.84. The maximum absolute atomic E-state index is 13.0. The Labute approximate surface area is 168 Å². The Hall–Kier alpha value is -3.52. The number of rotatable bonds is 4. The Balaban J connectivity index is 1.76. The molecule has 0 aliphatic carbocycles. The van der Waals surface area contributed by atoms with E-state index in [0.717, 1.165) is 22.5 Å². The summed E-state index contributed by atoms with van der Waals surface area (Å²) in [5, 5.41) is 2.73. The summed E-state index contributed by atoms with van der Waals surface area (Å²) < 4.78 is 1.86. The van der Waals surface area contributed by atoms with Gasteiger partial charge in [0.05, 0.1) is 6.54 Å². The van der Waals surface area contributed by atoms with Crippen LogP contribution in [0, 0.1) is 6.92 Å². The van der Waals surface area contributed by atoms with Crippen molar-refractivity contribution < 1.29 is 9.59 Å². The maximum atomic E-state index is 13.0. The molecule has 2 aromatic heterocycles. The van der Waals surface area contributed by atoms with Gasteiger partial charge >= 0.3 is 0 Å². The summed E-state index contributed by atoms with van der Waals surface area (Å²) in [7, 11) is 0. The van der Waals surface area contributed by atoms with Crippen LogP contribution in [-0.2, 0) is 11.3 Å². The monoisotopic (exact) mass is 390 g/mol. The zero-order valence-electron chi connectivity index (χ0n) is 16.1. The van der Waals surface area contributed by atoms with E-state index < -0.39 is 0 Å². The first-order valence-electron chi connectivity index (χ1n) is 9.43. The third-order valence-corrected chi connectivity index (χ3v) is 4.87. The van der Waals surface area contributed by atoms with Gasteiger partial charge in [-0.1, -0.05) is 12.1 Å². The zero-order valence-corrected chi connectivity index (χ0v) is 16.1. The Bertz CT molecular complexity index is 1040. The third kappa shape index (κ3) is 3.88. The number of amides is 2. The smallest absolute Gasteiger partial charge is 0.274 e. The predicted octanol–water partition coefficient (Wildman–Crippen LogP) is 1.27. The molecule has 3 aromatic rings. The molecular weight excluding hydrogens is 368 g/mol. The van der Waals surface area contributed by atoms with Crippen LogP contribution in [0.5, 0.6) is 0 Å². The fraction of sp³-hybridized carbons (Fsp3) is 0.238. The molecule has 3 heterocycles. The molecule has 3 N–H and O–H groups in total. The summed E-state index contributed by atoms with van der Waals surface area (Å²) in [6.45, 7) is 3.32. The average Bonchev–Trinajstić information content (AvgIpc) is 3.19. The van der Waals surface area contributed by atoms with E-state index in [4.69, 9.17) is 5.73 Å². The highest BCUT2D eigenvalue weighted by atomic mass is 16.2. The summed E-state index contributed by atoms with van der Waals surface area (Å²) in [6.07, 6.45) is 3.45. The Morgan fingerprint density at radius 3 is 2.66 bits per heavy atom. The number of carbonyl (C=O) groups excluding carboxylic acids is 2. The summed E-state index contributed by atoms with van der Waals surface area (Å²) in [4.78, 5) is 35.1. The number of pyridine rings is 1. The van der Waals surface area contributed by atoms with Gasteiger partial charge in [-0.25, -0.2) is 4.98 Å². The van der Waals surface area contributed by atoms with Crippen LogP contribution in [0.25, 0.3) is 17.1 Å². The lowest BCUT2D eigenvalue weighted by Gasteiger charge is -2.25. The number of carbonyl (C=O) groups is 2. The zero-order chi connectivity index (χ0) is 20.4. The van der Waals surface area contributed by atoms with E-state index in [-0.39, 0.29) is 24.1 Å². The van der Waals surface area contributed by atoms with Gasteiger partial charge in [-0.3, -0.25) is 19.1 Å². The SMILES string of the molecule is Cc1ccc(-c2nc(C(=O)N3CCNC(=O)C3)cn2-c2ccc(CN)cc2)cn1. The molecule has 1 aliphatic rings. The molecule has 0 saturated carbocycles. The predicted molar refractivity (Wildman–Crippen MR) is 108 cm³/mol. The van der Waals surface area contributed by atoms with Gasteiger partial charge in [0, 0.05) is 49.0 Å². The van der Waals surface area contributed by atoms with Crippen molar-refractivity contribution in [3.63, 3.8) is 0 Å². The van der Waals surface area contributed by atoms with Gasteiger partial charge in [0.1, 0.15) is 11.5 Å². The maximum Gasteiger partial charge on any atom is 0.274 e. The number of aryl methyl sites for hydroxylation is 1. The van der Waals surface area contributed by atoms with E-state index in [9.17, 15) is 9.59 Å². The largest absolute Gasteiger partial charge is 0.353 e. The van der Waals surface area contributed by atoms with Gasteiger partial charge in [0.2, 0.25) is 5.91 Å². The normalized spacial score (nSPS) is 14.0. The lowest BCUT2D eigenvalue weighted by atomic mass is 10.2. The van der Waals surface area contributed by atoms with Crippen LogP contribution >= 0.6 is 0 Å². The van der Waals surface area contributed by atoms with E-state index in [1.54, 1.807) is 12.4 Å². The van der Waals surface area contributed by atoms with Crippen molar-refractivity contribution in [2.24, 2.45) is 5.73 Å². The molecule has 8 nitrogen and oxygen atoms in total. The minimum atomic E-state index is -0.265. The van der Waals surface area contributed by atoms with E-state index in [2.05, 4.69) is 15.3 Å². The van der Waals surface area contributed by atoms with Crippen LogP contribution in [0.3, 0.4) is 0 Å². The number of hydrogen-bond donors (Lipinski definition) is 2. The summed E-state index contributed by atoms with van der Waals surface area (Å²) >= 11 is 0. The summed E-state index contributed by atoms with van der Waals surface area (Å²) in [5.41, 5.74) is 9.57. The van der Waals surface area contributed by atoms with Crippen LogP contribution in [0.2, 0.25) is 0 Å². The number of nitrogens with zero attached hydrogens (tertiary/aromatic N) is 4. The topological polar surface area (TPSA) is 106 Å². The molecule has 0 atom stereocenters. The summed E-state index contributed by atoms with van der Waals surface area (Å²) in [5.74, 6) is 0.186. The standard InChI is InChI=1S/C21H22N6O2/c1-14-2-5-16(11-24-14)20-25-18(21(29)26-9-8-23-19(28)13-26)12-27(20)17-6-3-15(10-22)4-7-17/h2-7,11-12H,8-10,13,22H2,1H3,(H,23,28). The molecule has 0 spiro atoms. The van der Waals surface area contributed by atoms with Crippen LogP contribution in [0.15, 0.2) is 48.8 Å². The molecule has 1 aromatic carbocycles. The second-order valence-electron chi connectivity index (χ2n) is 6.96. The molecule has 0 bridgehead atoms. The minimum absolute atomic E-state index is 0.0400. The second-order valence-corrected chi connectivity index (χ2v) is 6.96. The number of aromatic nitrogens is 3. The summed E-state index contributed by atoms with van der Waals surface area (Å²) in [6, 6.07) is 11.6. The van der Waals surface area contributed by atoms with Gasteiger partial charge in [-0.15, -0.1) is 0 Å². The van der Waals surface area contributed by atoms with Crippen molar-refractivity contribution in [3.05, 3.63) is 65.7 Å². The highest BCUT2D eigenvalue weighted by molar-refractivity contribution is 5.96. The van der Waals surface area contributed by atoms with E-state index in [1.807, 2.05) is 47.9 Å². The molecule has 1 aliphatic heterocycles. The van der Waals surface area contributed by atoms with E-state index in [0.29, 0.717) is 25.5 Å². The van der Waals surface area contributed by atoms with Crippen molar-refractivity contribution in [1.29, 1.82) is 0 Å². The Morgan fingerprint density at radius 2 is 2.00 bits per heavy atom. The van der Waals surface area contributed by atoms with Crippen molar-refractivity contribution in [2.75, 3.05) is 19.6 Å². The number of imidazole rings is 1. The first-order valence-corrected chi connectivity index (χ1v) is 9.43. The average molecular weight is 390 g/mol. The molecule has 0 radical (unpaired) electrons. The van der Waals surface area contributed by atoms with E-state index in [1.165, 1.54) is 4.90 Å². The van der Waals surface area contributed by atoms with Gasteiger partial charge in [-0.05, 0) is 36.8 Å². The molecule has 8 heteroatoms. The van der Waals surface area contributed by atoms with Crippen molar-refractivity contribution >= 4 is 11.8 Å². The van der Waals surface area contributed by atoms with Crippen LogP contribution < -0.4 is 11.1 Å². The fourth-order valence-electron chi connectivity index (χ4n) is 3.25. The molecule has 1 saturated heterocycles. The Morgan fingerprint density at radius 1 is 1.21 bits per heavy atom. The minimum Gasteiger partial charge on any atom is -0.353 e. The van der Waals surface area contributed by atoms with Crippen LogP contribution in [-0.4, -0.2) is 50.9 Å². The molecule has 29 heavy (non-hydrogen) atoms. The molecule has 1 fully saturated rings. The molecular formula is C21H22N6O2. The first kappa shape index (κ1) is 18.8. The van der Waals surface area contributed by atoms with Crippen molar-refractivity contribution in [2.45, 2.75) is 13.5 Å². The number of piperazine rings is 1. The highest BCUT2D eigenvalue weighted by Crippen LogP contribution is 2.24. The van der Waals surface area contributed by atoms with Crippen LogP contribution in [0.1, 0.15) is 21.7 Å². The van der Waals surface area contributed by atoms with Gasteiger partial charge in [0.25, 0.3) is 5.91 Å². The first-order chi connectivity index (χ1) is 14.0. The number of nitrogens with one attached hydrogen (secondary N) is 1. The molecule has 2 amide bonds. The van der Waals surface area contributed by atoms with Gasteiger partial charge in [-0.2, -0.15) is 0 Å². The molecule has 0 unspecified atom stereocenters. The van der Waals surface area contributed by atoms with Crippen molar-refractivity contribution in [3.8, 4) is 17.1 Å². The number of hydrogen-bond acceptors (Lipinski definition) is 5. The highest BCUT2D eigenvalue weighted by Gasteiger charge is 2.25. The van der Waals surface area contributed by atoms with Crippen LogP contribution in [0.4, 0.5) is 0 Å². The Kier molecular flexibility index (Phi) is 5.09. The lowest BCUT2D eigenvalue weighted by Crippen LogP contribution is -2.50. The third-order valence-electron chi connectivity index (χ3n) is 4.87. The molecule has 148 valence electrons. The van der Waals surface area contributed by atoms with E-state index >= 15 is 0 Å². The number of nitrogens with two attached hydrogens (primary N) is 1. The quantitative estimate of drug-likeness (QED) is 0.698. The van der Waals surface area contributed by atoms with Gasteiger partial charge < -0.3 is 16.0 Å². The van der Waals surface area contributed by atoms with Crippen molar-refractivity contribution in [1.82, 2.24) is 24.8 Å². The van der Waals surface area contributed by atoms with Gasteiger partial charge in [0.15, 0.2) is 0 Å². The molecule has 4 rings (SSSR count).